The number of nitrogens with one attached hydrogen (secondary N) is 2. The van der Waals surface area contributed by atoms with E-state index in [1.165, 1.54) is 24.0 Å². The van der Waals surface area contributed by atoms with Crippen molar-refractivity contribution in [3.05, 3.63) is 52.6 Å². The summed E-state index contributed by atoms with van der Waals surface area (Å²) in [5.41, 5.74) is 8.19. The lowest BCUT2D eigenvalue weighted by atomic mass is 10.0. The standard InChI is InChI=1S/C26H37N5O3/c1-17(2)23-15-28-31-25(30-6-8-33-9-7-30)13-24(29-26(23)31)20-10-19(18-4-5-18)11-22(12-20)34-16-21(32)14-27-3/h10-13,17-18,21,27-28,32H,4-9,14-16H2,1-3H3. The topological polar surface area (TPSA) is 81.6 Å². The Morgan fingerprint density at radius 1 is 1.24 bits per heavy atom. The first-order chi connectivity index (χ1) is 16.5. The molecule has 34 heavy (non-hydrogen) atoms. The van der Waals surface area contributed by atoms with Crippen molar-refractivity contribution in [1.82, 2.24) is 20.7 Å². The molecule has 1 saturated carbocycles. The van der Waals surface area contributed by atoms with Crippen LogP contribution in [0.3, 0.4) is 0 Å². The highest BCUT2D eigenvalue weighted by Crippen LogP contribution is 2.42. The number of hydrogen-bond acceptors (Lipinski definition) is 8. The van der Waals surface area contributed by atoms with Gasteiger partial charge < -0.3 is 24.8 Å². The molecule has 4 aliphatic rings. The molecule has 8 heteroatoms. The number of hydrogen-bond donors (Lipinski definition) is 3. The van der Waals surface area contributed by atoms with Gasteiger partial charge in [-0.3, -0.25) is 0 Å². The third-order valence-corrected chi connectivity index (χ3v) is 6.84. The van der Waals surface area contributed by atoms with Gasteiger partial charge >= 0.3 is 0 Å². The van der Waals surface area contributed by atoms with Gasteiger partial charge in [0.25, 0.3) is 0 Å². The van der Waals surface area contributed by atoms with Crippen molar-refractivity contribution in [1.29, 1.82) is 0 Å². The first-order valence-electron chi connectivity index (χ1n) is 12.5. The number of likely N-dealkylation sites (N-methyl/N-ethyl adjacent to an activating group) is 1. The van der Waals surface area contributed by atoms with Crippen molar-refractivity contribution < 1.29 is 14.6 Å². The fraction of sp³-hybridized carbons (Fsp3) is 0.577. The minimum atomic E-state index is -0.547. The Bertz CT molecular complexity index is 992. The largest absolute Gasteiger partial charge is 0.491 e. The molecule has 0 amide bonds. The molecule has 0 bridgehead atoms. The van der Waals surface area contributed by atoms with Crippen LogP contribution in [0.5, 0.6) is 5.75 Å². The van der Waals surface area contributed by atoms with Crippen molar-refractivity contribution >= 4 is 5.71 Å². The zero-order valence-corrected chi connectivity index (χ0v) is 20.5. The number of ether oxygens (including phenoxy) is 2. The molecule has 0 aromatic heterocycles. The minimum absolute atomic E-state index is 0.260. The number of aliphatic imine (C=N–C) groups is 1. The maximum Gasteiger partial charge on any atom is 0.150 e. The summed E-state index contributed by atoms with van der Waals surface area (Å²) in [7, 11) is 1.83. The van der Waals surface area contributed by atoms with Crippen LogP contribution in [0, 0.1) is 5.92 Å². The second kappa shape index (κ2) is 10.1. The Kier molecular flexibility index (Phi) is 6.92. The zero-order valence-electron chi connectivity index (χ0n) is 20.5. The molecule has 1 aliphatic carbocycles. The quantitative estimate of drug-likeness (QED) is 0.514. The third-order valence-electron chi connectivity index (χ3n) is 6.84. The average Bonchev–Trinajstić information content (AvgIpc) is 3.61. The van der Waals surface area contributed by atoms with E-state index in [0.29, 0.717) is 18.4 Å². The fourth-order valence-electron chi connectivity index (χ4n) is 4.73. The van der Waals surface area contributed by atoms with E-state index in [1.54, 1.807) is 0 Å². The number of aliphatic hydroxyl groups is 1. The second-order valence-electron chi connectivity index (χ2n) is 9.86. The van der Waals surface area contributed by atoms with Gasteiger partial charge in [-0.25, -0.2) is 15.4 Å². The van der Waals surface area contributed by atoms with Crippen molar-refractivity contribution in [2.75, 3.05) is 53.0 Å². The van der Waals surface area contributed by atoms with Crippen LogP contribution in [0.1, 0.15) is 43.7 Å². The molecule has 184 valence electrons. The predicted molar refractivity (Wildman–Crippen MR) is 133 cm³/mol. The molecule has 8 nitrogen and oxygen atoms in total. The van der Waals surface area contributed by atoms with Crippen LogP contribution in [0.2, 0.25) is 0 Å². The van der Waals surface area contributed by atoms with E-state index in [-0.39, 0.29) is 6.61 Å². The van der Waals surface area contributed by atoms with Crippen LogP contribution in [-0.4, -0.2) is 79.9 Å². The van der Waals surface area contributed by atoms with Crippen LogP contribution in [0.4, 0.5) is 0 Å². The highest BCUT2D eigenvalue weighted by atomic mass is 16.5. The summed E-state index contributed by atoms with van der Waals surface area (Å²) < 4.78 is 11.6. The normalized spacial score (nSPS) is 21.6. The average molecular weight is 468 g/mol. The SMILES string of the molecule is CNCC(O)COc1cc(C2=NC3=C(C(C)C)CNN3C(N3CCOCC3)=C2)cc(C2CC2)c1. The van der Waals surface area contributed by atoms with Crippen molar-refractivity contribution in [2.24, 2.45) is 10.9 Å². The minimum Gasteiger partial charge on any atom is -0.491 e. The van der Waals surface area contributed by atoms with E-state index in [4.69, 9.17) is 14.5 Å². The van der Waals surface area contributed by atoms with Crippen LogP contribution >= 0.6 is 0 Å². The number of aliphatic hydroxyl groups excluding tert-OH is 1. The molecule has 1 aromatic carbocycles. The Balaban J connectivity index is 1.51. The van der Waals surface area contributed by atoms with E-state index in [1.807, 2.05) is 7.05 Å². The summed E-state index contributed by atoms with van der Waals surface area (Å²) >= 11 is 0. The number of nitrogens with zero attached hydrogens (tertiary/aromatic N) is 3. The molecule has 1 unspecified atom stereocenters. The number of benzene rings is 1. The highest BCUT2D eigenvalue weighted by molar-refractivity contribution is 6.10. The molecule has 3 heterocycles. The fourth-order valence-corrected chi connectivity index (χ4v) is 4.73. The molecular formula is C26H37N5O3. The lowest BCUT2D eigenvalue weighted by molar-refractivity contribution is 0.0373. The molecule has 1 aromatic rings. The molecule has 1 saturated heterocycles. The first kappa shape index (κ1) is 23.4. The number of morpholine rings is 1. The summed E-state index contributed by atoms with van der Waals surface area (Å²) in [4.78, 5) is 7.54. The third kappa shape index (κ3) is 5.00. The number of rotatable bonds is 9. The van der Waals surface area contributed by atoms with Gasteiger partial charge in [0.05, 0.1) is 18.9 Å². The molecule has 3 N–H and O–H groups in total. The molecule has 5 rings (SSSR count). The van der Waals surface area contributed by atoms with E-state index >= 15 is 0 Å². The van der Waals surface area contributed by atoms with Crippen molar-refractivity contribution in [2.45, 2.75) is 38.7 Å². The van der Waals surface area contributed by atoms with Crippen LogP contribution in [0.25, 0.3) is 0 Å². The van der Waals surface area contributed by atoms with Crippen LogP contribution < -0.4 is 15.5 Å². The summed E-state index contributed by atoms with van der Waals surface area (Å²) in [6.07, 6.45) is 4.08. The Morgan fingerprint density at radius 2 is 2.03 bits per heavy atom. The van der Waals surface area contributed by atoms with Gasteiger partial charge in [-0.15, -0.1) is 0 Å². The lowest BCUT2D eigenvalue weighted by Crippen LogP contribution is -2.46. The molecule has 1 atom stereocenters. The predicted octanol–water partition coefficient (Wildman–Crippen LogP) is 2.19. The monoisotopic (exact) mass is 467 g/mol. The summed E-state index contributed by atoms with van der Waals surface area (Å²) in [6, 6.07) is 6.47. The van der Waals surface area contributed by atoms with Crippen LogP contribution in [-0.2, 0) is 4.74 Å². The Morgan fingerprint density at radius 3 is 2.74 bits per heavy atom. The zero-order chi connectivity index (χ0) is 23.7. The highest BCUT2D eigenvalue weighted by Gasteiger charge is 2.33. The maximum absolute atomic E-state index is 10.1. The van der Waals surface area contributed by atoms with Gasteiger partial charge in [0, 0.05) is 37.8 Å². The second-order valence-corrected chi connectivity index (χ2v) is 9.86. The van der Waals surface area contributed by atoms with Gasteiger partial charge in [-0.1, -0.05) is 13.8 Å². The van der Waals surface area contributed by atoms with Crippen molar-refractivity contribution in [3.8, 4) is 5.75 Å². The summed E-state index contributed by atoms with van der Waals surface area (Å²) in [6.45, 7) is 9.22. The van der Waals surface area contributed by atoms with Gasteiger partial charge in [0.2, 0.25) is 0 Å². The molecule has 3 aliphatic heterocycles. The molecule has 2 fully saturated rings. The lowest BCUT2D eigenvalue weighted by Gasteiger charge is -2.37. The molecule has 0 spiro atoms. The van der Waals surface area contributed by atoms with E-state index < -0.39 is 6.10 Å². The van der Waals surface area contributed by atoms with E-state index in [9.17, 15) is 5.11 Å². The molecular weight excluding hydrogens is 430 g/mol. The molecule has 0 radical (unpaired) electrons. The van der Waals surface area contributed by atoms with E-state index in [2.05, 4.69) is 58.8 Å². The number of allylic oxidation sites excluding steroid dienone is 1. The summed E-state index contributed by atoms with van der Waals surface area (Å²) in [5, 5.41) is 15.3. The Labute approximate surface area is 202 Å². The Hall–Kier alpha value is -2.39. The van der Waals surface area contributed by atoms with Crippen molar-refractivity contribution in [3.63, 3.8) is 0 Å². The first-order valence-corrected chi connectivity index (χ1v) is 12.5. The summed E-state index contributed by atoms with van der Waals surface area (Å²) in [5.74, 6) is 3.93. The van der Waals surface area contributed by atoms with Crippen LogP contribution in [0.15, 0.2) is 46.5 Å². The number of hydrazine groups is 1. The van der Waals surface area contributed by atoms with Gasteiger partial charge in [-0.2, -0.15) is 0 Å². The van der Waals surface area contributed by atoms with E-state index in [0.717, 1.165) is 61.5 Å². The maximum atomic E-state index is 10.1. The van der Waals surface area contributed by atoms with Gasteiger partial charge in [0.1, 0.15) is 30.1 Å². The smallest absolute Gasteiger partial charge is 0.150 e. The van der Waals surface area contributed by atoms with Gasteiger partial charge in [-0.05, 0) is 61.1 Å². The number of fused-ring (bicyclic) bond motifs is 1. The van der Waals surface area contributed by atoms with Gasteiger partial charge in [0.15, 0.2) is 0 Å².